The van der Waals surface area contributed by atoms with Crippen LogP contribution in [0.4, 0.5) is 0 Å². The van der Waals surface area contributed by atoms with Gasteiger partial charge in [-0.25, -0.2) is 16.8 Å². The van der Waals surface area contributed by atoms with Gasteiger partial charge in [-0.3, -0.25) is 4.68 Å². The molecule has 7 nitrogen and oxygen atoms in total. The molecule has 0 aromatic carbocycles. The smallest absolute Gasteiger partial charge is 0.256 e. The lowest BCUT2D eigenvalue weighted by molar-refractivity contribution is 0.454. The predicted molar refractivity (Wildman–Crippen MR) is 74.5 cm³/mol. The first kappa shape index (κ1) is 15.5. The molecule has 114 valence electrons. The van der Waals surface area contributed by atoms with Gasteiger partial charge < -0.3 is 0 Å². The monoisotopic (exact) mass is 321 g/mol. The first-order valence-corrected chi connectivity index (χ1v) is 9.78. The van der Waals surface area contributed by atoms with Gasteiger partial charge in [-0.1, -0.05) is 0 Å². The van der Waals surface area contributed by atoms with Gasteiger partial charge in [0, 0.05) is 32.0 Å². The molecule has 2 rings (SSSR count). The second-order valence-electron chi connectivity index (χ2n) is 5.37. The fourth-order valence-electron chi connectivity index (χ4n) is 2.61. The Kier molecular flexibility index (Phi) is 3.96. The highest BCUT2D eigenvalue weighted by molar-refractivity contribution is 7.90. The number of aryl methyl sites for hydroxylation is 2. The number of hydrogen-bond donors (Lipinski definition) is 0. The van der Waals surface area contributed by atoms with E-state index in [1.165, 1.54) is 21.4 Å². The topological polar surface area (TPSA) is 89.3 Å². The molecule has 1 aromatic rings. The highest BCUT2D eigenvalue weighted by Crippen LogP contribution is 2.26. The van der Waals surface area contributed by atoms with Crippen LogP contribution in [-0.4, -0.2) is 56.0 Å². The van der Waals surface area contributed by atoms with Crippen molar-refractivity contribution in [3.05, 3.63) is 11.8 Å². The predicted octanol–water partition coefficient (Wildman–Crippen LogP) is -0.216. The van der Waals surface area contributed by atoms with E-state index in [0.717, 1.165) is 0 Å². The first-order valence-electron chi connectivity index (χ1n) is 6.28. The number of hydrogen-bond acceptors (Lipinski definition) is 5. The zero-order chi connectivity index (χ0) is 15.1. The van der Waals surface area contributed by atoms with Gasteiger partial charge in [0.25, 0.3) is 10.0 Å². The third-order valence-corrected chi connectivity index (χ3v) is 6.59. The number of sulfone groups is 1. The van der Waals surface area contributed by atoms with Crippen LogP contribution in [0.3, 0.4) is 0 Å². The van der Waals surface area contributed by atoms with E-state index in [1.54, 1.807) is 14.0 Å². The summed E-state index contributed by atoms with van der Waals surface area (Å²) in [6, 6.07) is 0. The molecule has 0 N–H and O–H groups in total. The first-order chi connectivity index (χ1) is 9.11. The Morgan fingerprint density at radius 3 is 2.50 bits per heavy atom. The summed E-state index contributed by atoms with van der Waals surface area (Å²) in [5.41, 5.74) is 0.596. The molecule has 1 aliphatic rings. The lowest BCUT2D eigenvalue weighted by Gasteiger charge is -2.17. The lowest BCUT2D eigenvalue weighted by Crippen LogP contribution is -2.31. The summed E-state index contributed by atoms with van der Waals surface area (Å²) in [5.74, 6) is -0.100. The van der Waals surface area contributed by atoms with Crippen LogP contribution in [0, 0.1) is 12.8 Å². The van der Waals surface area contributed by atoms with Gasteiger partial charge in [0.1, 0.15) is 9.84 Å². The van der Waals surface area contributed by atoms with Crippen LogP contribution in [0.1, 0.15) is 12.0 Å². The molecule has 0 radical (unpaired) electrons. The van der Waals surface area contributed by atoms with Gasteiger partial charge in [-0.2, -0.15) is 9.40 Å². The third kappa shape index (κ3) is 3.04. The van der Waals surface area contributed by atoms with Crippen LogP contribution < -0.4 is 0 Å². The van der Waals surface area contributed by atoms with E-state index in [-0.39, 0.29) is 23.2 Å². The molecule has 1 fully saturated rings. The Bertz CT molecular complexity index is 687. The van der Waals surface area contributed by atoms with Crippen molar-refractivity contribution >= 4 is 19.9 Å². The van der Waals surface area contributed by atoms with Crippen LogP contribution in [0.25, 0.3) is 0 Å². The summed E-state index contributed by atoms with van der Waals surface area (Å²) in [6.07, 6.45) is 3.26. The Morgan fingerprint density at radius 1 is 1.35 bits per heavy atom. The molecule has 2 heterocycles. The highest BCUT2D eigenvalue weighted by atomic mass is 32.2. The minimum Gasteiger partial charge on any atom is -0.256 e. The van der Waals surface area contributed by atoms with E-state index in [0.29, 0.717) is 18.5 Å². The molecular weight excluding hydrogens is 302 g/mol. The van der Waals surface area contributed by atoms with Crippen molar-refractivity contribution in [2.24, 2.45) is 13.0 Å². The molecule has 1 aliphatic heterocycles. The Balaban J connectivity index is 2.22. The van der Waals surface area contributed by atoms with Crippen LogP contribution in [0.15, 0.2) is 11.2 Å². The van der Waals surface area contributed by atoms with Crippen molar-refractivity contribution in [1.82, 2.24) is 14.1 Å². The second kappa shape index (κ2) is 5.12. The van der Waals surface area contributed by atoms with Crippen LogP contribution in [0.2, 0.25) is 0 Å². The third-order valence-electron chi connectivity index (χ3n) is 3.43. The molecule has 1 aromatic heterocycles. The van der Waals surface area contributed by atoms with Gasteiger partial charge in [0.2, 0.25) is 0 Å². The summed E-state index contributed by atoms with van der Waals surface area (Å²) in [5, 5.41) is 4.13. The number of nitrogens with zero attached hydrogens (tertiary/aromatic N) is 3. The second-order valence-corrected chi connectivity index (χ2v) is 9.40. The zero-order valence-electron chi connectivity index (χ0n) is 11.8. The number of sulfonamides is 1. The average Bonchev–Trinajstić information content (AvgIpc) is 2.84. The summed E-state index contributed by atoms with van der Waals surface area (Å²) in [7, 11) is -5.10. The van der Waals surface area contributed by atoms with Gasteiger partial charge in [-0.05, 0) is 19.3 Å². The molecule has 0 aliphatic carbocycles. The zero-order valence-corrected chi connectivity index (χ0v) is 13.4. The largest absolute Gasteiger partial charge is 0.260 e. The van der Waals surface area contributed by atoms with Gasteiger partial charge in [-0.15, -0.1) is 0 Å². The van der Waals surface area contributed by atoms with E-state index in [4.69, 9.17) is 0 Å². The lowest BCUT2D eigenvalue weighted by atomic mass is 10.2. The molecule has 20 heavy (non-hydrogen) atoms. The van der Waals surface area contributed by atoms with Crippen molar-refractivity contribution in [3.63, 3.8) is 0 Å². The minimum absolute atomic E-state index is 0.0311. The maximum atomic E-state index is 12.6. The Labute approximate surface area is 119 Å². The molecule has 1 unspecified atom stereocenters. The molecule has 0 amide bonds. The van der Waals surface area contributed by atoms with Crippen LogP contribution in [-0.2, 0) is 26.9 Å². The normalized spacial score (nSPS) is 21.4. The fraction of sp³-hybridized carbons (Fsp3) is 0.727. The van der Waals surface area contributed by atoms with Gasteiger partial charge >= 0.3 is 0 Å². The maximum Gasteiger partial charge on any atom is 0.260 e. The maximum absolute atomic E-state index is 12.6. The SMILES string of the molecule is Cc1cnn(C)c1S(=O)(=O)N1CCC(CS(C)(=O)=O)C1. The summed E-state index contributed by atoms with van der Waals surface area (Å²) in [6.45, 7) is 2.30. The Morgan fingerprint density at radius 2 is 2.00 bits per heavy atom. The Hall–Kier alpha value is -0.930. The van der Waals surface area contributed by atoms with Crippen molar-refractivity contribution in [2.45, 2.75) is 18.4 Å². The van der Waals surface area contributed by atoms with Crippen molar-refractivity contribution in [1.29, 1.82) is 0 Å². The van der Waals surface area contributed by atoms with Crippen LogP contribution in [0.5, 0.6) is 0 Å². The summed E-state index contributed by atoms with van der Waals surface area (Å²) < 4.78 is 50.4. The highest BCUT2D eigenvalue weighted by Gasteiger charge is 2.36. The van der Waals surface area contributed by atoms with Crippen molar-refractivity contribution < 1.29 is 16.8 Å². The van der Waals surface area contributed by atoms with E-state index >= 15 is 0 Å². The van der Waals surface area contributed by atoms with Gasteiger partial charge in [0.15, 0.2) is 5.03 Å². The van der Waals surface area contributed by atoms with Gasteiger partial charge in [0.05, 0.1) is 11.9 Å². The van der Waals surface area contributed by atoms with E-state index in [9.17, 15) is 16.8 Å². The molecule has 9 heteroatoms. The molecule has 0 bridgehead atoms. The van der Waals surface area contributed by atoms with E-state index in [2.05, 4.69) is 5.10 Å². The summed E-state index contributed by atoms with van der Waals surface area (Å²) >= 11 is 0. The molecule has 1 atom stereocenters. The number of aromatic nitrogens is 2. The fourth-order valence-corrected chi connectivity index (χ4v) is 5.57. The molecule has 0 spiro atoms. The van der Waals surface area contributed by atoms with E-state index in [1.807, 2.05) is 0 Å². The summed E-state index contributed by atoms with van der Waals surface area (Å²) in [4.78, 5) is 0. The van der Waals surface area contributed by atoms with Crippen molar-refractivity contribution in [3.8, 4) is 0 Å². The van der Waals surface area contributed by atoms with Crippen LogP contribution >= 0.6 is 0 Å². The molecule has 0 saturated carbocycles. The van der Waals surface area contributed by atoms with Crippen molar-refractivity contribution in [2.75, 3.05) is 25.1 Å². The average molecular weight is 321 g/mol. The molecular formula is C11H19N3O4S2. The standard InChI is InChI=1S/C11H19N3O4S2/c1-9-6-12-13(2)11(9)20(17,18)14-5-4-10(7-14)8-19(3,15)16/h6,10H,4-5,7-8H2,1-3H3. The van der Waals surface area contributed by atoms with E-state index < -0.39 is 19.9 Å². The molecule has 1 saturated heterocycles. The minimum atomic E-state index is -3.61. The number of rotatable bonds is 4. The quantitative estimate of drug-likeness (QED) is 0.765.